The van der Waals surface area contributed by atoms with E-state index >= 15 is 0 Å². The number of benzene rings is 1. The summed E-state index contributed by atoms with van der Waals surface area (Å²) in [5.41, 5.74) is 0.555. The van der Waals surface area contributed by atoms with Gasteiger partial charge < -0.3 is 15.7 Å². The number of hydrogen-bond acceptors (Lipinski definition) is 3. The normalized spacial score (nSPS) is 11.8. The molecule has 0 spiro atoms. The van der Waals surface area contributed by atoms with Crippen LogP contribution < -0.4 is 10.6 Å². The van der Waals surface area contributed by atoms with E-state index in [1.165, 1.54) is 0 Å². The third-order valence-electron chi connectivity index (χ3n) is 2.02. The second-order valence-corrected chi connectivity index (χ2v) is 3.28. The minimum Gasteiger partial charge on any atom is -0.479 e. The Morgan fingerprint density at radius 1 is 1.31 bits per heavy atom. The first-order valence-corrected chi connectivity index (χ1v) is 4.87. The Hall–Kier alpha value is -1.88. The van der Waals surface area contributed by atoms with E-state index in [1.54, 1.807) is 37.4 Å². The van der Waals surface area contributed by atoms with Gasteiger partial charge in [-0.05, 0) is 12.6 Å². The van der Waals surface area contributed by atoms with Gasteiger partial charge in [-0.25, -0.2) is 4.79 Å². The molecule has 0 aliphatic heterocycles. The lowest BCUT2D eigenvalue weighted by molar-refractivity contribution is -0.141. The van der Waals surface area contributed by atoms with Gasteiger partial charge in [0.15, 0.2) is 6.04 Å². The molecule has 86 valence electrons. The van der Waals surface area contributed by atoms with Crippen LogP contribution in [0.1, 0.15) is 11.6 Å². The van der Waals surface area contributed by atoms with Crippen LogP contribution in [-0.2, 0) is 9.59 Å². The Balaban J connectivity index is 2.77. The van der Waals surface area contributed by atoms with Crippen molar-refractivity contribution in [3.8, 4) is 0 Å². The molecule has 1 atom stereocenters. The summed E-state index contributed by atoms with van der Waals surface area (Å²) in [6.07, 6.45) is 0. The van der Waals surface area contributed by atoms with Gasteiger partial charge in [-0.1, -0.05) is 30.3 Å². The van der Waals surface area contributed by atoms with Crippen LogP contribution in [0, 0.1) is 0 Å². The highest BCUT2D eigenvalue weighted by atomic mass is 16.4. The Kier molecular flexibility index (Phi) is 4.47. The molecule has 3 N–H and O–H groups in total. The number of rotatable bonds is 5. The van der Waals surface area contributed by atoms with Crippen molar-refractivity contribution in [3.05, 3.63) is 35.9 Å². The molecule has 0 unspecified atom stereocenters. The van der Waals surface area contributed by atoms with Crippen molar-refractivity contribution in [2.24, 2.45) is 0 Å². The van der Waals surface area contributed by atoms with E-state index < -0.39 is 12.0 Å². The molecular weight excluding hydrogens is 208 g/mol. The van der Waals surface area contributed by atoms with Crippen LogP contribution in [0.2, 0.25) is 0 Å². The van der Waals surface area contributed by atoms with Crippen molar-refractivity contribution >= 4 is 11.9 Å². The summed E-state index contributed by atoms with van der Waals surface area (Å²) in [5.74, 6) is -1.42. The highest BCUT2D eigenvalue weighted by molar-refractivity contribution is 5.85. The molecule has 0 aromatic heterocycles. The second kappa shape index (κ2) is 5.87. The monoisotopic (exact) mass is 222 g/mol. The summed E-state index contributed by atoms with van der Waals surface area (Å²) >= 11 is 0. The summed E-state index contributed by atoms with van der Waals surface area (Å²) in [6.45, 7) is 0.0939. The predicted octanol–water partition coefficient (Wildman–Crippen LogP) is 0.148. The van der Waals surface area contributed by atoms with Gasteiger partial charge in [0.1, 0.15) is 0 Å². The molecule has 1 aromatic rings. The summed E-state index contributed by atoms with van der Waals surface area (Å²) in [6, 6.07) is 7.58. The van der Waals surface area contributed by atoms with Crippen molar-refractivity contribution < 1.29 is 14.7 Å². The van der Waals surface area contributed by atoms with E-state index in [9.17, 15) is 9.59 Å². The highest BCUT2D eigenvalue weighted by Crippen LogP contribution is 2.12. The van der Waals surface area contributed by atoms with Crippen molar-refractivity contribution in [2.45, 2.75) is 6.04 Å². The average molecular weight is 222 g/mol. The number of nitrogens with one attached hydrogen (secondary N) is 2. The molecule has 0 fully saturated rings. The van der Waals surface area contributed by atoms with Crippen LogP contribution in [0.25, 0.3) is 0 Å². The van der Waals surface area contributed by atoms with Gasteiger partial charge in [0.25, 0.3) is 0 Å². The maximum atomic E-state index is 11.3. The first-order chi connectivity index (χ1) is 7.65. The quantitative estimate of drug-likeness (QED) is 0.662. The lowest BCUT2D eigenvalue weighted by atomic mass is 10.1. The molecule has 0 radical (unpaired) electrons. The maximum Gasteiger partial charge on any atom is 0.330 e. The lowest BCUT2D eigenvalue weighted by Gasteiger charge is -2.14. The zero-order valence-corrected chi connectivity index (χ0v) is 8.93. The number of carboxylic acid groups (broad SMARTS) is 1. The smallest absolute Gasteiger partial charge is 0.330 e. The van der Waals surface area contributed by atoms with E-state index in [0.29, 0.717) is 5.56 Å². The standard InChI is InChI=1S/C11H14N2O3/c1-12-7-9(14)13-10(11(15)16)8-5-3-2-4-6-8/h2-6,10,12H,7H2,1H3,(H,13,14)(H,15,16)/t10-/m0/s1. The number of carboxylic acids is 1. The third kappa shape index (κ3) is 3.36. The number of likely N-dealkylation sites (N-methyl/N-ethyl adjacent to an activating group) is 1. The maximum absolute atomic E-state index is 11.3. The van der Waals surface area contributed by atoms with Crippen LogP contribution in [0.15, 0.2) is 30.3 Å². The van der Waals surface area contributed by atoms with Crippen LogP contribution in [0.4, 0.5) is 0 Å². The molecule has 1 rings (SSSR count). The average Bonchev–Trinajstić information content (AvgIpc) is 2.27. The molecule has 1 amide bonds. The van der Waals surface area contributed by atoms with Gasteiger partial charge >= 0.3 is 5.97 Å². The summed E-state index contributed by atoms with van der Waals surface area (Å²) in [7, 11) is 1.62. The number of amides is 1. The Morgan fingerprint density at radius 3 is 2.44 bits per heavy atom. The Labute approximate surface area is 93.5 Å². The molecule has 0 bridgehead atoms. The van der Waals surface area contributed by atoms with Gasteiger partial charge in [0.05, 0.1) is 6.54 Å². The van der Waals surface area contributed by atoms with Gasteiger partial charge in [0, 0.05) is 0 Å². The topological polar surface area (TPSA) is 78.4 Å². The van der Waals surface area contributed by atoms with E-state index in [4.69, 9.17) is 5.11 Å². The second-order valence-electron chi connectivity index (χ2n) is 3.28. The van der Waals surface area contributed by atoms with E-state index in [2.05, 4.69) is 10.6 Å². The highest BCUT2D eigenvalue weighted by Gasteiger charge is 2.20. The predicted molar refractivity (Wildman–Crippen MR) is 58.9 cm³/mol. The van der Waals surface area contributed by atoms with Crippen LogP contribution >= 0.6 is 0 Å². The number of carbonyl (C=O) groups is 2. The van der Waals surface area contributed by atoms with E-state index in [0.717, 1.165) is 0 Å². The van der Waals surface area contributed by atoms with E-state index in [-0.39, 0.29) is 12.5 Å². The molecule has 5 heteroatoms. The first kappa shape index (κ1) is 12.2. The molecule has 16 heavy (non-hydrogen) atoms. The molecule has 5 nitrogen and oxygen atoms in total. The molecule has 0 aliphatic rings. The van der Waals surface area contributed by atoms with Gasteiger partial charge in [-0.15, -0.1) is 0 Å². The van der Waals surface area contributed by atoms with Gasteiger partial charge in [0.2, 0.25) is 5.91 Å². The Morgan fingerprint density at radius 2 is 1.94 bits per heavy atom. The molecule has 0 saturated heterocycles. The van der Waals surface area contributed by atoms with Crippen LogP contribution in [0.3, 0.4) is 0 Å². The summed E-state index contributed by atoms with van der Waals surface area (Å²) < 4.78 is 0. The zero-order chi connectivity index (χ0) is 12.0. The van der Waals surface area contributed by atoms with Crippen molar-refractivity contribution in [3.63, 3.8) is 0 Å². The minimum atomic E-state index is -1.07. The molecule has 1 aromatic carbocycles. The SMILES string of the molecule is CNCC(=O)N[C@H](C(=O)O)c1ccccc1. The van der Waals surface area contributed by atoms with Crippen molar-refractivity contribution in [2.75, 3.05) is 13.6 Å². The molecular formula is C11H14N2O3. The van der Waals surface area contributed by atoms with Crippen molar-refractivity contribution in [1.29, 1.82) is 0 Å². The summed E-state index contributed by atoms with van der Waals surface area (Å²) in [4.78, 5) is 22.3. The largest absolute Gasteiger partial charge is 0.479 e. The molecule has 0 heterocycles. The number of aliphatic carboxylic acids is 1. The Bertz CT molecular complexity index is 365. The van der Waals surface area contributed by atoms with Gasteiger partial charge in [-0.2, -0.15) is 0 Å². The minimum absolute atomic E-state index is 0.0939. The van der Waals surface area contributed by atoms with Gasteiger partial charge in [-0.3, -0.25) is 4.79 Å². The first-order valence-electron chi connectivity index (χ1n) is 4.87. The van der Waals surface area contributed by atoms with Crippen molar-refractivity contribution in [1.82, 2.24) is 10.6 Å². The lowest BCUT2D eigenvalue weighted by Crippen LogP contribution is -2.38. The fourth-order valence-corrected chi connectivity index (χ4v) is 1.31. The molecule has 0 saturated carbocycles. The fourth-order valence-electron chi connectivity index (χ4n) is 1.31. The van der Waals surface area contributed by atoms with Crippen LogP contribution in [0.5, 0.6) is 0 Å². The third-order valence-corrected chi connectivity index (χ3v) is 2.02. The number of hydrogen-bond donors (Lipinski definition) is 3. The van der Waals surface area contributed by atoms with E-state index in [1.807, 2.05) is 0 Å². The number of carbonyl (C=O) groups excluding carboxylic acids is 1. The molecule has 0 aliphatic carbocycles. The zero-order valence-electron chi connectivity index (χ0n) is 8.93. The fraction of sp³-hybridized carbons (Fsp3) is 0.273. The van der Waals surface area contributed by atoms with Crippen LogP contribution in [-0.4, -0.2) is 30.6 Å². The summed E-state index contributed by atoms with van der Waals surface area (Å²) in [5, 5.41) is 14.1.